The minimum Gasteiger partial charge on any atom is -0.143 e. The van der Waals surface area contributed by atoms with Crippen molar-refractivity contribution in [2.75, 3.05) is 0 Å². The lowest BCUT2D eigenvalue weighted by Gasteiger charge is -2.00. The van der Waals surface area contributed by atoms with E-state index in [-0.39, 0.29) is 0 Å². The van der Waals surface area contributed by atoms with Gasteiger partial charge in [-0.3, -0.25) is 0 Å². The van der Waals surface area contributed by atoms with Crippen molar-refractivity contribution in [3.05, 3.63) is 55.9 Å². The molecular weight excluding hydrogens is 392 g/mol. The lowest BCUT2D eigenvalue weighted by molar-refractivity contribution is 1.82. The zero-order valence-electron chi connectivity index (χ0n) is 9.04. The molecule has 0 unspecified atom stereocenters. The summed E-state index contributed by atoms with van der Waals surface area (Å²) >= 11 is 10.9. The van der Waals surface area contributed by atoms with E-state index in [1.165, 1.54) is 41.0 Å². The largest absolute Gasteiger partial charge is 0.143 e. The molecule has 0 saturated heterocycles. The van der Waals surface area contributed by atoms with Crippen LogP contribution in [0.1, 0.15) is 20.9 Å². The Bertz CT molecular complexity index is 692. The van der Waals surface area contributed by atoms with Gasteiger partial charge < -0.3 is 0 Å². The molecule has 88 valence electrons. The molecule has 0 amide bonds. The number of fused-ring (bicyclic) bond motifs is 2. The number of allylic oxidation sites excluding steroid dienone is 4. The second kappa shape index (κ2) is 4.04. The third-order valence-corrected chi connectivity index (χ3v) is 6.37. The van der Waals surface area contributed by atoms with Gasteiger partial charge in [0, 0.05) is 41.0 Å². The highest BCUT2D eigenvalue weighted by Gasteiger charge is 2.26. The summed E-state index contributed by atoms with van der Waals surface area (Å²) < 4.78 is 2.38. The van der Waals surface area contributed by atoms with Gasteiger partial charge in [0.05, 0.1) is 0 Å². The van der Waals surface area contributed by atoms with Crippen LogP contribution in [0.25, 0.3) is 20.1 Å². The van der Waals surface area contributed by atoms with E-state index in [1.807, 2.05) is 22.7 Å². The normalized spacial score (nSPS) is 20.8. The van der Waals surface area contributed by atoms with Gasteiger partial charge in [-0.25, -0.2) is 0 Å². The zero-order valence-corrected chi connectivity index (χ0v) is 13.8. The fourth-order valence-corrected chi connectivity index (χ4v) is 5.62. The molecule has 0 nitrogen and oxygen atoms in total. The molecule has 0 saturated carbocycles. The van der Waals surface area contributed by atoms with Crippen LogP contribution in [0, 0.1) is 0 Å². The highest BCUT2D eigenvalue weighted by Crippen LogP contribution is 2.50. The number of thiophene rings is 2. The van der Waals surface area contributed by atoms with Crippen LogP contribution in [-0.2, 0) is 0 Å². The molecular formula is C14H6Br2S2. The van der Waals surface area contributed by atoms with Crippen molar-refractivity contribution in [2.45, 2.75) is 0 Å². The smallest absolute Gasteiger partial charge is 0.0433 e. The van der Waals surface area contributed by atoms with E-state index in [1.54, 1.807) is 0 Å². The van der Waals surface area contributed by atoms with Gasteiger partial charge in [0.15, 0.2) is 0 Å². The predicted octanol–water partition coefficient (Wildman–Crippen LogP) is 6.22. The summed E-state index contributed by atoms with van der Waals surface area (Å²) in [5.74, 6) is 0. The van der Waals surface area contributed by atoms with Crippen molar-refractivity contribution in [2.24, 2.45) is 0 Å². The SMILES string of the molecule is BrC1=C/C(=C2/C=C(Br)c3ccsc32)c2sccc21. The first-order valence-corrected chi connectivity index (χ1v) is 8.75. The molecule has 0 aromatic carbocycles. The Hall–Kier alpha value is -0.420. The van der Waals surface area contributed by atoms with Gasteiger partial charge in [-0.1, -0.05) is 31.9 Å². The van der Waals surface area contributed by atoms with Crippen LogP contribution in [0.4, 0.5) is 0 Å². The minimum absolute atomic E-state index is 1.19. The lowest BCUT2D eigenvalue weighted by atomic mass is 10.1. The average molecular weight is 398 g/mol. The third-order valence-electron chi connectivity index (χ3n) is 3.17. The van der Waals surface area contributed by atoms with Crippen LogP contribution < -0.4 is 0 Å². The summed E-state index contributed by atoms with van der Waals surface area (Å²) in [7, 11) is 0. The van der Waals surface area contributed by atoms with Gasteiger partial charge in [-0.2, -0.15) is 0 Å². The fraction of sp³-hybridized carbons (Fsp3) is 0. The van der Waals surface area contributed by atoms with Crippen LogP contribution in [0.3, 0.4) is 0 Å². The van der Waals surface area contributed by atoms with Gasteiger partial charge in [0.25, 0.3) is 0 Å². The first kappa shape index (κ1) is 11.4. The van der Waals surface area contributed by atoms with Crippen LogP contribution in [0.15, 0.2) is 35.0 Å². The van der Waals surface area contributed by atoms with Crippen LogP contribution in [0.5, 0.6) is 0 Å². The van der Waals surface area contributed by atoms with Crippen molar-refractivity contribution in [1.82, 2.24) is 0 Å². The van der Waals surface area contributed by atoms with E-state index in [9.17, 15) is 0 Å². The van der Waals surface area contributed by atoms with E-state index in [4.69, 9.17) is 0 Å². The first-order valence-electron chi connectivity index (χ1n) is 5.41. The molecule has 2 aromatic heterocycles. The molecule has 0 radical (unpaired) electrons. The van der Waals surface area contributed by atoms with Crippen molar-refractivity contribution >= 4 is 74.6 Å². The van der Waals surface area contributed by atoms with Crippen molar-refractivity contribution in [3.8, 4) is 0 Å². The lowest BCUT2D eigenvalue weighted by Crippen LogP contribution is -1.78. The number of halogens is 2. The van der Waals surface area contributed by atoms with Crippen LogP contribution in [0.2, 0.25) is 0 Å². The van der Waals surface area contributed by atoms with Gasteiger partial charge >= 0.3 is 0 Å². The van der Waals surface area contributed by atoms with Gasteiger partial charge in [0.1, 0.15) is 0 Å². The van der Waals surface area contributed by atoms with E-state index >= 15 is 0 Å². The first-order chi connectivity index (χ1) is 8.75. The molecule has 0 bridgehead atoms. The summed E-state index contributed by atoms with van der Waals surface area (Å²) in [5.41, 5.74) is 5.31. The molecule has 0 fully saturated rings. The second-order valence-corrected chi connectivity index (χ2v) is 7.68. The van der Waals surface area contributed by atoms with Crippen molar-refractivity contribution < 1.29 is 0 Å². The Kier molecular flexibility index (Phi) is 2.56. The van der Waals surface area contributed by atoms with Crippen molar-refractivity contribution in [1.29, 1.82) is 0 Å². The Balaban J connectivity index is 2.04. The van der Waals surface area contributed by atoms with Gasteiger partial charge in [0.2, 0.25) is 0 Å². The number of hydrogen-bond donors (Lipinski definition) is 0. The number of hydrogen-bond acceptors (Lipinski definition) is 2. The Morgan fingerprint density at radius 2 is 1.17 bits per heavy atom. The molecule has 2 aliphatic carbocycles. The molecule has 0 N–H and O–H groups in total. The van der Waals surface area contributed by atoms with Crippen LogP contribution >= 0.6 is 54.5 Å². The molecule has 0 aliphatic heterocycles. The van der Waals surface area contributed by atoms with E-state index in [2.05, 4.69) is 66.9 Å². The second-order valence-electron chi connectivity index (χ2n) is 4.14. The maximum atomic E-state index is 3.65. The maximum Gasteiger partial charge on any atom is 0.0433 e. The van der Waals surface area contributed by atoms with Gasteiger partial charge in [-0.15, -0.1) is 22.7 Å². The summed E-state index contributed by atoms with van der Waals surface area (Å²) in [4.78, 5) is 2.74. The Labute approximate surface area is 130 Å². The number of rotatable bonds is 0. The summed E-state index contributed by atoms with van der Waals surface area (Å²) in [5, 5.41) is 4.31. The van der Waals surface area contributed by atoms with Crippen molar-refractivity contribution in [3.63, 3.8) is 0 Å². The molecule has 18 heavy (non-hydrogen) atoms. The Morgan fingerprint density at radius 3 is 1.61 bits per heavy atom. The molecule has 0 atom stereocenters. The standard InChI is InChI=1S/C14H6Br2S2/c15-11-5-9(13-7(11)1-3-17-13)10-6-12(16)8-2-4-18-14(8)10/h1-6H/b10-9+. The minimum atomic E-state index is 1.19. The molecule has 2 aliphatic rings. The van der Waals surface area contributed by atoms with E-state index < -0.39 is 0 Å². The fourth-order valence-electron chi connectivity index (χ4n) is 2.35. The summed E-state index contributed by atoms with van der Waals surface area (Å²) in [6.45, 7) is 0. The highest BCUT2D eigenvalue weighted by molar-refractivity contribution is 9.15. The quantitative estimate of drug-likeness (QED) is 0.495. The topological polar surface area (TPSA) is 0 Å². The molecule has 4 rings (SSSR count). The van der Waals surface area contributed by atoms with E-state index in [0.717, 1.165) is 0 Å². The zero-order chi connectivity index (χ0) is 12.3. The van der Waals surface area contributed by atoms with Crippen LogP contribution in [-0.4, -0.2) is 0 Å². The highest BCUT2D eigenvalue weighted by atomic mass is 79.9. The predicted molar refractivity (Wildman–Crippen MR) is 89.3 cm³/mol. The molecule has 4 heteroatoms. The summed E-state index contributed by atoms with van der Waals surface area (Å²) in [6.07, 6.45) is 4.48. The van der Waals surface area contributed by atoms with Gasteiger partial charge in [-0.05, 0) is 35.0 Å². The maximum absolute atomic E-state index is 3.65. The third kappa shape index (κ3) is 1.46. The molecule has 2 heterocycles. The molecule has 0 spiro atoms. The average Bonchev–Trinajstić information content (AvgIpc) is 3.06. The summed E-state index contributed by atoms with van der Waals surface area (Å²) in [6, 6.07) is 4.36. The van der Waals surface area contributed by atoms with E-state index in [0.29, 0.717) is 0 Å². The molecule has 2 aromatic rings. The monoisotopic (exact) mass is 396 g/mol. The Morgan fingerprint density at radius 1 is 0.722 bits per heavy atom.